The first-order valence-electron chi connectivity index (χ1n) is 5.74. The van der Waals surface area contributed by atoms with Gasteiger partial charge in [-0.2, -0.15) is 0 Å². The van der Waals surface area contributed by atoms with Gasteiger partial charge in [-0.3, -0.25) is 0 Å². The number of anilines is 2. The van der Waals surface area contributed by atoms with Gasteiger partial charge in [0.25, 0.3) is 0 Å². The number of ether oxygens (including phenoxy) is 1. The molecule has 1 heterocycles. The van der Waals surface area contributed by atoms with Crippen LogP contribution in [0.4, 0.5) is 11.4 Å². The fourth-order valence-electron chi connectivity index (χ4n) is 1.96. The first-order valence-corrected chi connectivity index (χ1v) is 5.74. The van der Waals surface area contributed by atoms with Gasteiger partial charge in [0.15, 0.2) is 11.5 Å². The van der Waals surface area contributed by atoms with Crippen LogP contribution in [-0.2, 0) is 0 Å². The number of carboxylic acids is 2. The van der Waals surface area contributed by atoms with Crippen molar-refractivity contribution in [2.24, 2.45) is 0 Å². The van der Waals surface area contributed by atoms with Gasteiger partial charge in [0, 0.05) is 0 Å². The maximum Gasteiger partial charge on any atom is 0.335 e. The molecular formula is C14H9NO5. The summed E-state index contributed by atoms with van der Waals surface area (Å²) in [6.07, 6.45) is 0. The summed E-state index contributed by atoms with van der Waals surface area (Å²) in [6, 6.07) is 8.86. The van der Waals surface area contributed by atoms with Crippen LogP contribution in [0.25, 0.3) is 0 Å². The highest BCUT2D eigenvalue weighted by Gasteiger charge is 2.19. The molecule has 0 spiro atoms. The number of rotatable bonds is 2. The minimum atomic E-state index is -1.04. The Balaban J connectivity index is 2.02. The summed E-state index contributed by atoms with van der Waals surface area (Å²) in [7, 11) is 0. The number of carbonyl (C=O) groups is 2. The fraction of sp³-hybridized carbons (Fsp3) is 0. The number of nitrogens with one attached hydrogen (secondary N) is 1. The summed E-state index contributed by atoms with van der Waals surface area (Å²) in [6.45, 7) is 0. The Bertz CT molecular complexity index is 675. The van der Waals surface area contributed by atoms with Crippen molar-refractivity contribution < 1.29 is 24.5 Å². The van der Waals surface area contributed by atoms with Crippen molar-refractivity contribution in [2.75, 3.05) is 5.32 Å². The quantitative estimate of drug-likeness (QED) is 0.663. The number of fused-ring (bicyclic) bond motifs is 2. The molecule has 3 N–H and O–H groups in total. The minimum absolute atomic E-state index is 0.121. The van der Waals surface area contributed by atoms with E-state index >= 15 is 0 Å². The van der Waals surface area contributed by atoms with E-state index in [1.54, 1.807) is 6.07 Å². The van der Waals surface area contributed by atoms with Crippen molar-refractivity contribution in [3.8, 4) is 11.5 Å². The average Bonchev–Trinajstić information content (AvgIpc) is 2.43. The molecule has 6 heteroatoms. The topological polar surface area (TPSA) is 95.9 Å². The fourth-order valence-corrected chi connectivity index (χ4v) is 1.96. The number of carboxylic acid groups (broad SMARTS) is 2. The van der Waals surface area contributed by atoms with Gasteiger partial charge in [-0.25, -0.2) is 9.59 Å². The second kappa shape index (κ2) is 4.27. The summed E-state index contributed by atoms with van der Waals surface area (Å²) in [5.41, 5.74) is 1.38. The molecular weight excluding hydrogens is 262 g/mol. The van der Waals surface area contributed by atoms with E-state index in [9.17, 15) is 9.59 Å². The molecule has 0 saturated heterocycles. The molecule has 0 fully saturated rings. The predicted molar refractivity (Wildman–Crippen MR) is 70.2 cm³/mol. The summed E-state index contributed by atoms with van der Waals surface area (Å²) in [5.74, 6) is -1.23. The molecule has 6 nitrogen and oxygen atoms in total. The van der Waals surface area contributed by atoms with Crippen molar-refractivity contribution >= 4 is 23.3 Å². The summed E-state index contributed by atoms with van der Waals surface area (Å²) in [5, 5.41) is 20.9. The van der Waals surface area contributed by atoms with Gasteiger partial charge in [-0.15, -0.1) is 0 Å². The number of hydrogen-bond donors (Lipinski definition) is 3. The third-order valence-electron chi connectivity index (χ3n) is 2.94. The van der Waals surface area contributed by atoms with E-state index in [1.165, 1.54) is 30.3 Å². The lowest BCUT2D eigenvalue weighted by Gasteiger charge is -2.22. The van der Waals surface area contributed by atoms with Crippen LogP contribution in [0.15, 0.2) is 36.4 Å². The first kappa shape index (κ1) is 12.0. The lowest BCUT2D eigenvalue weighted by atomic mass is 10.1. The van der Waals surface area contributed by atoms with E-state index in [2.05, 4.69) is 5.32 Å². The molecule has 3 rings (SSSR count). The van der Waals surface area contributed by atoms with Crippen LogP contribution in [0.3, 0.4) is 0 Å². The Kier molecular flexibility index (Phi) is 2.57. The third-order valence-corrected chi connectivity index (χ3v) is 2.94. The first-order chi connectivity index (χ1) is 9.54. The zero-order valence-electron chi connectivity index (χ0n) is 10.1. The SMILES string of the molecule is O=C(O)c1ccc2c(c1)Nc1ccc(C(=O)O)cc1O2. The molecule has 0 amide bonds. The van der Waals surface area contributed by atoms with Gasteiger partial charge in [-0.1, -0.05) is 0 Å². The second-order valence-electron chi connectivity index (χ2n) is 4.26. The molecule has 20 heavy (non-hydrogen) atoms. The monoisotopic (exact) mass is 271 g/mol. The predicted octanol–water partition coefficient (Wildman–Crippen LogP) is 2.93. The van der Waals surface area contributed by atoms with Gasteiger partial charge in [0.1, 0.15) is 0 Å². The van der Waals surface area contributed by atoms with Crippen molar-refractivity contribution in [1.82, 2.24) is 0 Å². The van der Waals surface area contributed by atoms with Crippen LogP contribution >= 0.6 is 0 Å². The molecule has 0 radical (unpaired) electrons. The van der Waals surface area contributed by atoms with Crippen LogP contribution in [0.1, 0.15) is 20.7 Å². The van der Waals surface area contributed by atoms with Crippen LogP contribution in [0, 0.1) is 0 Å². The molecule has 0 bridgehead atoms. The zero-order valence-corrected chi connectivity index (χ0v) is 10.1. The van der Waals surface area contributed by atoms with Gasteiger partial charge < -0.3 is 20.3 Å². The van der Waals surface area contributed by atoms with E-state index in [-0.39, 0.29) is 11.1 Å². The second-order valence-corrected chi connectivity index (χ2v) is 4.26. The van der Waals surface area contributed by atoms with Crippen molar-refractivity contribution in [1.29, 1.82) is 0 Å². The Labute approximate surface area is 113 Å². The molecule has 0 unspecified atom stereocenters. The van der Waals surface area contributed by atoms with Gasteiger partial charge >= 0.3 is 11.9 Å². The van der Waals surface area contributed by atoms with Crippen LogP contribution in [0.5, 0.6) is 11.5 Å². The van der Waals surface area contributed by atoms with E-state index in [0.717, 1.165) is 0 Å². The van der Waals surface area contributed by atoms with Crippen LogP contribution < -0.4 is 10.1 Å². The lowest BCUT2D eigenvalue weighted by molar-refractivity contribution is 0.0685. The Morgan fingerprint density at radius 3 is 2.20 bits per heavy atom. The van der Waals surface area contributed by atoms with E-state index in [0.29, 0.717) is 22.9 Å². The van der Waals surface area contributed by atoms with Gasteiger partial charge in [0.05, 0.1) is 22.5 Å². The molecule has 2 aromatic rings. The van der Waals surface area contributed by atoms with Crippen molar-refractivity contribution in [3.05, 3.63) is 47.5 Å². The molecule has 1 aliphatic heterocycles. The summed E-state index contributed by atoms with van der Waals surface area (Å²) in [4.78, 5) is 21.8. The summed E-state index contributed by atoms with van der Waals surface area (Å²) < 4.78 is 5.58. The maximum atomic E-state index is 10.9. The molecule has 2 aromatic carbocycles. The highest BCUT2D eigenvalue weighted by Crippen LogP contribution is 2.42. The number of benzene rings is 2. The Morgan fingerprint density at radius 1 is 0.850 bits per heavy atom. The van der Waals surface area contributed by atoms with E-state index < -0.39 is 11.9 Å². The average molecular weight is 271 g/mol. The lowest BCUT2D eigenvalue weighted by Crippen LogP contribution is -2.06. The van der Waals surface area contributed by atoms with Gasteiger partial charge in [0.2, 0.25) is 0 Å². The van der Waals surface area contributed by atoms with Crippen LogP contribution in [-0.4, -0.2) is 22.2 Å². The Hall–Kier alpha value is -3.02. The standard InChI is InChI=1S/C14H9NO5/c16-13(17)7-2-4-11-10(5-7)15-9-3-1-8(14(18)19)6-12(9)20-11/h1-6,15H,(H,16,17)(H,18,19). The molecule has 1 aliphatic rings. The molecule has 0 aliphatic carbocycles. The zero-order chi connectivity index (χ0) is 14.3. The minimum Gasteiger partial charge on any atom is -0.478 e. The normalized spacial score (nSPS) is 11.6. The number of aromatic carboxylic acids is 2. The largest absolute Gasteiger partial charge is 0.478 e. The molecule has 100 valence electrons. The molecule has 0 aromatic heterocycles. The third kappa shape index (κ3) is 1.93. The van der Waals surface area contributed by atoms with Crippen molar-refractivity contribution in [3.63, 3.8) is 0 Å². The maximum absolute atomic E-state index is 10.9. The van der Waals surface area contributed by atoms with E-state index in [4.69, 9.17) is 14.9 Å². The smallest absolute Gasteiger partial charge is 0.335 e. The Morgan fingerprint density at radius 2 is 1.50 bits per heavy atom. The molecule has 0 saturated carbocycles. The highest BCUT2D eigenvalue weighted by atomic mass is 16.5. The summed E-state index contributed by atoms with van der Waals surface area (Å²) >= 11 is 0. The number of hydrogen-bond acceptors (Lipinski definition) is 4. The van der Waals surface area contributed by atoms with Crippen LogP contribution in [0.2, 0.25) is 0 Å². The molecule has 0 atom stereocenters. The van der Waals surface area contributed by atoms with Gasteiger partial charge in [-0.05, 0) is 36.4 Å². The van der Waals surface area contributed by atoms with Crippen molar-refractivity contribution in [2.45, 2.75) is 0 Å². The highest BCUT2D eigenvalue weighted by molar-refractivity contribution is 5.92. The van der Waals surface area contributed by atoms with E-state index in [1.807, 2.05) is 0 Å².